The van der Waals surface area contributed by atoms with E-state index in [1.807, 2.05) is 0 Å². The predicted molar refractivity (Wildman–Crippen MR) is 74.2 cm³/mol. The van der Waals surface area contributed by atoms with E-state index in [0.717, 1.165) is 43.9 Å². The number of likely N-dealkylation sites (tertiary alicyclic amines) is 2. The van der Waals surface area contributed by atoms with Crippen LogP contribution < -0.4 is 0 Å². The molecule has 0 bridgehead atoms. The molecule has 1 unspecified atom stereocenters. The van der Waals surface area contributed by atoms with Crippen molar-refractivity contribution in [2.45, 2.75) is 25.3 Å². The molecule has 1 N–H and O–H groups in total. The minimum Gasteiger partial charge on any atom is -0.476 e. The number of thiazole rings is 1. The lowest BCUT2D eigenvalue weighted by Crippen LogP contribution is -2.37. The van der Waals surface area contributed by atoms with Gasteiger partial charge < -0.3 is 10.0 Å². The van der Waals surface area contributed by atoms with Crippen molar-refractivity contribution < 1.29 is 14.7 Å². The van der Waals surface area contributed by atoms with Gasteiger partial charge in [-0.1, -0.05) is 0 Å². The predicted octanol–water partition coefficient (Wildman–Crippen LogP) is 1.15. The Bertz CT molecular complexity index is 525. The molecule has 7 heteroatoms. The molecular weight excluding hydrogens is 278 g/mol. The van der Waals surface area contributed by atoms with E-state index in [0.29, 0.717) is 6.04 Å². The van der Waals surface area contributed by atoms with Crippen molar-refractivity contribution in [3.05, 3.63) is 16.1 Å². The lowest BCUT2D eigenvalue weighted by atomic mass is 10.2. The Labute approximate surface area is 121 Å². The third-order valence-electron chi connectivity index (χ3n) is 4.01. The Hall–Kier alpha value is -1.47. The molecule has 0 spiro atoms. The first-order valence-corrected chi connectivity index (χ1v) is 7.75. The fourth-order valence-electron chi connectivity index (χ4n) is 2.94. The normalized spacial score (nSPS) is 23.4. The number of carboxylic acid groups (broad SMARTS) is 1. The molecule has 2 aliphatic heterocycles. The smallest absolute Gasteiger partial charge is 0.355 e. The molecule has 108 valence electrons. The van der Waals surface area contributed by atoms with Gasteiger partial charge in [-0.3, -0.25) is 9.69 Å². The van der Waals surface area contributed by atoms with Gasteiger partial charge in [-0.2, -0.15) is 0 Å². The molecule has 2 saturated heterocycles. The summed E-state index contributed by atoms with van der Waals surface area (Å²) in [7, 11) is 0. The number of carbonyl (C=O) groups is 2. The molecule has 0 aliphatic carbocycles. The van der Waals surface area contributed by atoms with Crippen molar-refractivity contribution in [2.75, 3.05) is 26.2 Å². The molecule has 2 fully saturated rings. The van der Waals surface area contributed by atoms with Gasteiger partial charge in [-0.15, -0.1) is 11.3 Å². The summed E-state index contributed by atoms with van der Waals surface area (Å²) in [6, 6.07) is 0.459. The van der Waals surface area contributed by atoms with Crippen LogP contribution in [-0.4, -0.2) is 64.0 Å². The van der Waals surface area contributed by atoms with E-state index in [-0.39, 0.29) is 16.6 Å². The fourth-order valence-corrected chi connectivity index (χ4v) is 3.69. The van der Waals surface area contributed by atoms with E-state index in [2.05, 4.69) is 9.88 Å². The van der Waals surface area contributed by atoms with Crippen LogP contribution in [0.4, 0.5) is 0 Å². The van der Waals surface area contributed by atoms with E-state index in [4.69, 9.17) is 5.11 Å². The van der Waals surface area contributed by atoms with E-state index >= 15 is 0 Å². The third-order valence-corrected chi connectivity index (χ3v) is 4.84. The summed E-state index contributed by atoms with van der Waals surface area (Å²) in [6.07, 6.45) is 3.50. The average Bonchev–Trinajstić information content (AvgIpc) is 3.17. The minimum absolute atomic E-state index is 0.0476. The quantitative estimate of drug-likeness (QED) is 0.905. The highest BCUT2D eigenvalue weighted by Crippen LogP contribution is 2.22. The van der Waals surface area contributed by atoms with Crippen molar-refractivity contribution in [1.82, 2.24) is 14.8 Å². The molecular formula is C13H17N3O3S. The summed E-state index contributed by atoms with van der Waals surface area (Å²) >= 11 is 1.11. The molecule has 3 heterocycles. The standard InChI is InChI=1S/C13H17N3O3S/c17-12(11-14-10(8-20-11)13(18)19)16-6-3-9(7-16)15-4-1-2-5-15/h8-9H,1-7H2,(H,18,19). The van der Waals surface area contributed by atoms with Crippen LogP contribution in [0, 0.1) is 0 Å². The maximum atomic E-state index is 12.3. The van der Waals surface area contributed by atoms with Gasteiger partial charge in [-0.25, -0.2) is 9.78 Å². The second kappa shape index (κ2) is 5.49. The molecule has 1 aromatic heterocycles. The van der Waals surface area contributed by atoms with Crippen molar-refractivity contribution in [3.63, 3.8) is 0 Å². The maximum absolute atomic E-state index is 12.3. The van der Waals surface area contributed by atoms with E-state index in [9.17, 15) is 9.59 Å². The van der Waals surface area contributed by atoms with E-state index in [1.165, 1.54) is 18.2 Å². The summed E-state index contributed by atoms with van der Waals surface area (Å²) in [5, 5.41) is 10.5. The van der Waals surface area contributed by atoms with Crippen molar-refractivity contribution >= 4 is 23.2 Å². The Morgan fingerprint density at radius 2 is 2.05 bits per heavy atom. The highest BCUT2D eigenvalue weighted by molar-refractivity contribution is 7.11. The number of hydrogen-bond acceptors (Lipinski definition) is 5. The Kier molecular flexibility index (Phi) is 3.71. The zero-order valence-electron chi connectivity index (χ0n) is 11.1. The van der Waals surface area contributed by atoms with Gasteiger partial charge in [0.1, 0.15) is 0 Å². The summed E-state index contributed by atoms with van der Waals surface area (Å²) < 4.78 is 0. The van der Waals surface area contributed by atoms with Crippen LogP contribution in [0.1, 0.15) is 39.6 Å². The van der Waals surface area contributed by atoms with Crippen LogP contribution in [0.2, 0.25) is 0 Å². The largest absolute Gasteiger partial charge is 0.476 e. The van der Waals surface area contributed by atoms with Gasteiger partial charge in [0.2, 0.25) is 0 Å². The second-order valence-corrected chi connectivity index (χ2v) is 6.14. The highest BCUT2D eigenvalue weighted by Gasteiger charge is 2.33. The van der Waals surface area contributed by atoms with Crippen molar-refractivity contribution in [1.29, 1.82) is 0 Å². The number of aromatic carboxylic acids is 1. The molecule has 1 atom stereocenters. The van der Waals surface area contributed by atoms with Crippen LogP contribution >= 0.6 is 11.3 Å². The first-order chi connectivity index (χ1) is 9.65. The number of rotatable bonds is 3. The number of carbonyl (C=O) groups excluding carboxylic acids is 1. The zero-order chi connectivity index (χ0) is 14.1. The summed E-state index contributed by atoms with van der Waals surface area (Å²) in [6.45, 7) is 3.74. The first-order valence-electron chi connectivity index (χ1n) is 6.87. The van der Waals surface area contributed by atoms with Crippen molar-refractivity contribution in [2.24, 2.45) is 0 Å². The first kappa shape index (κ1) is 13.5. The van der Waals surface area contributed by atoms with Gasteiger partial charge in [0.25, 0.3) is 5.91 Å². The SMILES string of the molecule is O=C(O)c1csc(C(=O)N2CCC(N3CCCC3)C2)n1. The second-order valence-electron chi connectivity index (χ2n) is 5.28. The molecule has 2 aliphatic rings. The number of carboxylic acids is 1. The Balaban J connectivity index is 1.64. The number of hydrogen-bond donors (Lipinski definition) is 1. The maximum Gasteiger partial charge on any atom is 0.355 e. The lowest BCUT2D eigenvalue weighted by Gasteiger charge is -2.23. The zero-order valence-corrected chi connectivity index (χ0v) is 11.9. The van der Waals surface area contributed by atoms with Crippen LogP contribution in [0.3, 0.4) is 0 Å². The molecule has 3 rings (SSSR count). The van der Waals surface area contributed by atoms with Gasteiger partial charge in [0.15, 0.2) is 10.7 Å². The molecule has 6 nitrogen and oxygen atoms in total. The van der Waals surface area contributed by atoms with Gasteiger partial charge >= 0.3 is 5.97 Å². The van der Waals surface area contributed by atoms with Gasteiger partial charge in [-0.05, 0) is 32.4 Å². The molecule has 0 aromatic carbocycles. The highest BCUT2D eigenvalue weighted by atomic mass is 32.1. The van der Waals surface area contributed by atoms with Crippen molar-refractivity contribution in [3.8, 4) is 0 Å². The minimum atomic E-state index is -1.09. The number of amides is 1. The molecule has 1 aromatic rings. The monoisotopic (exact) mass is 295 g/mol. The lowest BCUT2D eigenvalue weighted by molar-refractivity contribution is 0.0691. The van der Waals surface area contributed by atoms with E-state index < -0.39 is 5.97 Å². The summed E-state index contributed by atoms with van der Waals surface area (Å²) in [4.78, 5) is 31.2. The fraction of sp³-hybridized carbons (Fsp3) is 0.615. The number of nitrogens with zero attached hydrogens (tertiary/aromatic N) is 3. The van der Waals surface area contributed by atoms with Crippen LogP contribution in [0.5, 0.6) is 0 Å². The topological polar surface area (TPSA) is 73.7 Å². The molecule has 0 saturated carbocycles. The molecule has 0 radical (unpaired) electrons. The van der Waals surface area contributed by atoms with Crippen LogP contribution in [-0.2, 0) is 0 Å². The van der Waals surface area contributed by atoms with Crippen LogP contribution in [0.15, 0.2) is 5.38 Å². The van der Waals surface area contributed by atoms with Gasteiger partial charge in [0.05, 0.1) is 0 Å². The molecule has 20 heavy (non-hydrogen) atoms. The van der Waals surface area contributed by atoms with Crippen LogP contribution in [0.25, 0.3) is 0 Å². The summed E-state index contributed by atoms with van der Waals surface area (Å²) in [5.41, 5.74) is -0.0476. The third kappa shape index (κ3) is 2.55. The number of aromatic nitrogens is 1. The Morgan fingerprint density at radius 3 is 2.70 bits per heavy atom. The summed E-state index contributed by atoms with van der Waals surface area (Å²) in [5.74, 6) is -1.22. The van der Waals surface area contributed by atoms with Gasteiger partial charge in [0, 0.05) is 24.5 Å². The Morgan fingerprint density at radius 1 is 1.30 bits per heavy atom. The molecule has 1 amide bonds. The average molecular weight is 295 g/mol. The van der Waals surface area contributed by atoms with E-state index in [1.54, 1.807) is 4.90 Å².